The van der Waals surface area contributed by atoms with E-state index in [9.17, 15) is 4.79 Å². The third kappa shape index (κ3) is 3.75. The molecule has 1 aliphatic rings. The number of aromatic amines is 1. The zero-order valence-corrected chi connectivity index (χ0v) is 15.9. The molecule has 0 amide bonds. The van der Waals surface area contributed by atoms with Crippen LogP contribution in [-0.4, -0.2) is 40.6 Å². The van der Waals surface area contributed by atoms with Crippen molar-refractivity contribution in [3.63, 3.8) is 0 Å². The Morgan fingerprint density at radius 2 is 1.82 bits per heavy atom. The van der Waals surface area contributed by atoms with Crippen LogP contribution in [0.1, 0.15) is 16.8 Å². The maximum atomic E-state index is 12.7. The number of ether oxygens (including phenoxy) is 2. The average molecular weight is 378 g/mol. The lowest BCUT2D eigenvalue weighted by Crippen LogP contribution is -2.35. The molecule has 0 bridgehead atoms. The molecule has 0 radical (unpaired) electrons. The van der Waals surface area contributed by atoms with Gasteiger partial charge in [-0.05, 0) is 29.8 Å². The Morgan fingerprint density at radius 1 is 1.11 bits per heavy atom. The minimum Gasteiger partial charge on any atom is -0.497 e. The van der Waals surface area contributed by atoms with Crippen molar-refractivity contribution in [2.75, 3.05) is 20.8 Å². The number of benzene rings is 1. The van der Waals surface area contributed by atoms with Crippen LogP contribution in [0.25, 0.3) is 11.4 Å². The minimum absolute atomic E-state index is 0.0789. The van der Waals surface area contributed by atoms with E-state index in [4.69, 9.17) is 14.5 Å². The molecule has 1 N–H and O–H groups in total. The van der Waals surface area contributed by atoms with Crippen LogP contribution in [0.2, 0.25) is 0 Å². The number of H-pyrrole nitrogens is 1. The molecule has 28 heavy (non-hydrogen) atoms. The summed E-state index contributed by atoms with van der Waals surface area (Å²) < 4.78 is 10.7. The molecule has 7 nitrogen and oxygen atoms in total. The van der Waals surface area contributed by atoms with Crippen molar-refractivity contribution < 1.29 is 9.47 Å². The number of pyridine rings is 1. The number of aromatic nitrogens is 3. The highest BCUT2D eigenvalue weighted by Crippen LogP contribution is 2.25. The van der Waals surface area contributed by atoms with Crippen LogP contribution in [0.15, 0.2) is 47.5 Å². The Bertz CT molecular complexity index is 1010. The fraction of sp³-hybridized carbons (Fsp3) is 0.286. The minimum atomic E-state index is -0.0789. The Hall–Kier alpha value is -3.19. The van der Waals surface area contributed by atoms with Gasteiger partial charge in [0.1, 0.15) is 17.3 Å². The zero-order chi connectivity index (χ0) is 19.5. The summed E-state index contributed by atoms with van der Waals surface area (Å²) in [5.41, 5.74) is 3.47. The van der Waals surface area contributed by atoms with Gasteiger partial charge >= 0.3 is 0 Å². The Morgan fingerprint density at radius 3 is 2.50 bits per heavy atom. The SMILES string of the molecule is COc1cc(CN2CCc3nc(-c4ccncc4)[nH]c(=O)c3C2)cc(OC)c1. The summed E-state index contributed by atoms with van der Waals surface area (Å²) in [6.07, 6.45) is 4.12. The molecule has 3 aromatic rings. The molecule has 0 unspecified atom stereocenters. The number of rotatable bonds is 5. The van der Waals surface area contributed by atoms with Gasteiger partial charge < -0.3 is 14.5 Å². The molecule has 7 heteroatoms. The summed E-state index contributed by atoms with van der Waals surface area (Å²) in [4.78, 5) is 26.5. The molecule has 3 heterocycles. The zero-order valence-electron chi connectivity index (χ0n) is 15.9. The molecule has 0 saturated carbocycles. The molecule has 0 aliphatic carbocycles. The van der Waals surface area contributed by atoms with Gasteiger partial charge in [-0.1, -0.05) is 0 Å². The van der Waals surface area contributed by atoms with E-state index in [-0.39, 0.29) is 5.56 Å². The highest BCUT2D eigenvalue weighted by molar-refractivity contribution is 5.54. The molecule has 0 spiro atoms. The third-order valence-corrected chi connectivity index (χ3v) is 4.92. The fourth-order valence-corrected chi connectivity index (χ4v) is 3.48. The summed E-state index contributed by atoms with van der Waals surface area (Å²) in [7, 11) is 3.28. The van der Waals surface area contributed by atoms with Crippen LogP contribution in [0.3, 0.4) is 0 Å². The molecule has 0 saturated heterocycles. The van der Waals surface area contributed by atoms with Crippen LogP contribution in [0.5, 0.6) is 11.5 Å². The maximum absolute atomic E-state index is 12.7. The maximum Gasteiger partial charge on any atom is 0.255 e. The summed E-state index contributed by atoms with van der Waals surface area (Å²) in [5, 5.41) is 0. The molecule has 4 rings (SSSR count). The van der Waals surface area contributed by atoms with E-state index in [1.54, 1.807) is 26.6 Å². The van der Waals surface area contributed by atoms with Gasteiger partial charge in [0.05, 0.1) is 25.5 Å². The van der Waals surface area contributed by atoms with E-state index in [1.807, 2.05) is 30.3 Å². The van der Waals surface area contributed by atoms with E-state index in [0.29, 0.717) is 18.9 Å². The standard InChI is InChI=1S/C21H22N4O3/c1-27-16-9-14(10-17(11-16)28-2)12-25-8-5-19-18(13-25)21(26)24-20(23-19)15-3-6-22-7-4-15/h3-4,6-7,9-11H,5,8,12-13H2,1-2H3,(H,23,24,26). The second kappa shape index (κ2) is 7.82. The van der Waals surface area contributed by atoms with E-state index in [1.165, 1.54) is 0 Å². The van der Waals surface area contributed by atoms with Crippen LogP contribution in [-0.2, 0) is 19.5 Å². The number of hydrogen-bond acceptors (Lipinski definition) is 6. The van der Waals surface area contributed by atoms with Crippen LogP contribution < -0.4 is 15.0 Å². The van der Waals surface area contributed by atoms with Gasteiger partial charge in [0.25, 0.3) is 5.56 Å². The van der Waals surface area contributed by atoms with Gasteiger partial charge in [-0.2, -0.15) is 0 Å². The first-order valence-corrected chi connectivity index (χ1v) is 9.13. The molecule has 1 aromatic carbocycles. The highest BCUT2D eigenvalue weighted by Gasteiger charge is 2.22. The summed E-state index contributed by atoms with van der Waals surface area (Å²) in [6.45, 7) is 2.10. The van der Waals surface area contributed by atoms with Crippen molar-refractivity contribution in [2.24, 2.45) is 0 Å². The van der Waals surface area contributed by atoms with Gasteiger partial charge in [0, 0.05) is 50.1 Å². The van der Waals surface area contributed by atoms with Crippen LogP contribution in [0.4, 0.5) is 0 Å². The monoisotopic (exact) mass is 378 g/mol. The molecule has 144 valence electrons. The number of nitrogens with one attached hydrogen (secondary N) is 1. The topological polar surface area (TPSA) is 80.3 Å². The van der Waals surface area contributed by atoms with Crippen LogP contribution in [0, 0.1) is 0 Å². The average Bonchev–Trinajstić information content (AvgIpc) is 2.74. The number of hydrogen-bond donors (Lipinski definition) is 1. The molecule has 2 aromatic heterocycles. The lowest BCUT2D eigenvalue weighted by atomic mass is 10.1. The fourth-order valence-electron chi connectivity index (χ4n) is 3.48. The quantitative estimate of drug-likeness (QED) is 0.734. The number of methoxy groups -OCH3 is 2. The Labute approximate surface area is 163 Å². The van der Waals surface area contributed by atoms with Crippen molar-refractivity contribution in [1.82, 2.24) is 19.9 Å². The molecular formula is C21H22N4O3. The van der Waals surface area contributed by atoms with Gasteiger partial charge in [-0.15, -0.1) is 0 Å². The lowest BCUT2D eigenvalue weighted by molar-refractivity contribution is 0.241. The molecule has 0 fully saturated rings. The second-order valence-corrected chi connectivity index (χ2v) is 6.76. The first-order valence-electron chi connectivity index (χ1n) is 9.13. The van der Waals surface area contributed by atoms with Gasteiger partial charge in [0.15, 0.2) is 0 Å². The molecule has 0 atom stereocenters. The normalized spacial score (nSPS) is 13.8. The molecular weight excluding hydrogens is 356 g/mol. The van der Waals surface area contributed by atoms with Gasteiger partial charge in [0.2, 0.25) is 0 Å². The molecule has 1 aliphatic heterocycles. The first-order chi connectivity index (χ1) is 13.7. The summed E-state index contributed by atoms with van der Waals surface area (Å²) in [6, 6.07) is 9.52. The summed E-state index contributed by atoms with van der Waals surface area (Å²) >= 11 is 0. The Kier molecular flexibility index (Phi) is 5.08. The van der Waals surface area contributed by atoms with Crippen molar-refractivity contribution in [3.8, 4) is 22.9 Å². The van der Waals surface area contributed by atoms with Crippen molar-refractivity contribution in [3.05, 3.63) is 69.9 Å². The van der Waals surface area contributed by atoms with E-state index < -0.39 is 0 Å². The van der Waals surface area contributed by atoms with Crippen molar-refractivity contribution in [2.45, 2.75) is 19.5 Å². The van der Waals surface area contributed by atoms with E-state index in [2.05, 4.69) is 14.9 Å². The van der Waals surface area contributed by atoms with Crippen LogP contribution >= 0.6 is 0 Å². The predicted octanol–water partition coefficient (Wildman–Crippen LogP) is 2.41. The lowest BCUT2D eigenvalue weighted by Gasteiger charge is -2.28. The van der Waals surface area contributed by atoms with Gasteiger partial charge in [-0.25, -0.2) is 4.98 Å². The number of nitrogens with zero attached hydrogens (tertiary/aromatic N) is 3. The van der Waals surface area contributed by atoms with Crippen molar-refractivity contribution >= 4 is 0 Å². The predicted molar refractivity (Wildman–Crippen MR) is 105 cm³/mol. The highest BCUT2D eigenvalue weighted by atomic mass is 16.5. The van der Waals surface area contributed by atoms with Gasteiger partial charge in [-0.3, -0.25) is 14.7 Å². The summed E-state index contributed by atoms with van der Waals surface area (Å²) in [5.74, 6) is 2.11. The van der Waals surface area contributed by atoms with E-state index >= 15 is 0 Å². The largest absolute Gasteiger partial charge is 0.497 e. The van der Waals surface area contributed by atoms with E-state index in [0.717, 1.165) is 46.8 Å². The first kappa shape index (κ1) is 18.2. The number of fused-ring (bicyclic) bond motifs is 1. The smallest absolute Gasteiger partial charge is 0.255 e. The van der Waals surface area contributed by atoms with Crippen molar-refractivity contribution in [1.29, 1.82) is 0 Å². The Balaban J connectivity index is 1.56. The third-order valence-electron chi connectivity index (χ3n) is 4.92. The second-order valence-electron chi connectivity index (χ2n) is 6.76.